The van der Waals surface area contributed by atoms with Crippen LogP contribution in [-0.2, 0) is 16.0 Å². The topological polar surface area (TPSA) is 58.2 Å². The van der Waals surface area contributed by atoms with Crippen LogP contribution in [0.15, 0.2) is 24.3 Å². The van der Waals surface area contributed by atoms with Gasteiger partial charge in [-0.3, -0.25) is 5.43 Å². The number of hydrogen-bond donors (Lipinski definition) is 2. The Hall–Kier alpha value is -1.12. The highest BCUT2D eigenvalue weighted by molar-refractivity contribution is 7.92. The number of nitrogens with one attached hydrogen (secondary N) is 2. The number of rotatable bonds is 3. The second kappa shape index (κ2) is 5.34. The summed E-state index contributed by atoms with van der Waals surface area (Å²) in [6.45, 7) is 1.90. The quantitative estimate of drug-likeness (QED) is 0.891. The highest BCUT2D eigenvalue weighted by Gasteiger charge is 2.37. The Morgan fingerprint density at radius 2 is 1.85 bits per heavy atom. The predicted molar refractivity (Wildman–Crippen MR) is 68.6 cm³/mol. The molecule has 1 aliphatic rings. The van der Waals surface area contributed by atoms with Crippen LogP contribution < -0.4 is 10.9 Å². The maximum atomic E-state index is 12.5. The average molecular weight is 308 g/mol. The molecule has 0 aromatic heterocycles. The van der Waals surface area contributed by atoms with Crippen LogP contribution in [-0.4, -0.2) is 26.1 Å². The van der Waals surface area contributed by atoms with Gasteiger partial charge in [0.2, 0.25) is 0 Å². The first-order chi connectivity index (χ1) is 9.25. The molecule has 1 aromatic carbocycles. The first kappa shape index (κ1) is 15.3. The normalized spacial score (nSPS) is 24.0. The molecule has 0 amide bonds. The van der Waals surface area contributed by atoms with E-state index in [4.69, 9.17) is 0 Å². The SMILES string of the molecule is CCS(=O)(=O)C1NNCC1c1ccc(C(F)(F)F)cc1. The lowest BCUT2D eigenvalue weighted by molar-refractivity contribution is -0.137. The minimum absolute atomic E-state index is 0.0243. The summed E-state index contributed by atoms with van der Waals surface area (Å²) in [5, 5.41) is -0.816. The van der Waals surface area contributed by atoms with Crippen LogP contribution in [0.3, 0.4) is 0 Å². The van der Waals surface area contributed by atoms with Gasteiger partial charge < -0.3 is 0 Å². The zero-order chi connectivity index (χ0) is 15.0. The molecule has 1 saturated heterocycles. The van der Waals surface area contributed by atoms with E-state index in [1.54, 1.807) is 6.92 Å². The van der Waals surface area contributed by atoms with Crippen molar-refractivity contribution in [1.82, 2.24) is 10.9 Å². The number of hydrogen-bond acceptors (Lipinski definition) is 4. The summed E-state index contributed by atoms with van der Waals surface area (Å²) in [6.07, 6.45) is -4.39. The highest BCUT2D eigenvalue weighted by Crippen LogP contribution is 2.32. The molecule has 0 bridgehead atoms. The third-order valence-electron chi connectivity index (χ3n) is 3.39. The van der Waals surface area contributed by atoms with E-state index in [0.29, 0.717) is 12.1 Å². The monoisotopic (exact) mass is 308 g/mol. The predicted octanol–water partition coefficient (Wildman–Crippen LogP) is 1.66. The largest absolute Gasteiger partial charge is 0.416 e. The fourth-order valence-corrected chi connectivity index (χ4v) is 3.58. The third-order valence-corrected chi connectivity index (χ3v) is 5.41. The minimum atomic E-state index is -4.39. The van der Waals surface area contributed by atoms with Crippen LogP contribution in [0.25, 0.3) is 0 Å². The van der Waals surface area contributed by atoms with Gasteiger partial charge in [-0.2, -0.15) is 13.2 Å². The zero-order valence-corrected chi connectivity index (χ0v) is 11.6. The maximum absolute atomic E-state index is 12.5. The summed E-state index contributed by atoms with van der Waals surface area (Å²) in [7, 11) is -3.33. The van der Waals surface area contributed by atoms with Crippen LogP contribution in [0, 0.1) is 0 Å². The molecule has 4 nitrogen and oxygen atoms in total. The van der Waals surface area contributed by atoms with E-state index >= 15 is 0 Å². The second-order valence-electron chi connectivity index (χ2n) is 4.62. The standard InChI is InChI=1S/C12H15F3N2O2S/c1-2-20(18,19)11-10(7-16-17-11)8-3-5-9(6-4-8)12(13,14)15/h3-6,10-11,16-17H,2,7H2,1H3. The van der Waals surface area contributed by atoms with Crippen LogP contribution in [0.5, 0.6) is 0 Å². The lowest BCUT2D eigenvalue weighted by atomic mass is 9.99. The molecule has 1 aliphatic heterocycles. The third kappa shape index (κ3) is 2.97. The molecule has 0 saturated carbocycles. The molecule has 8 heteroatoms. The first-order valence-corrected chi connectivity index (χ1v) is 7.84. The molecule has 1 heterocycles. The molecular formula is C12H15F3N2O2S. The second-order valence-corrected chi connectivity index (χ2v) is 7.03. The molecule has 1 aromatic rings. The fraction of sp³-hybridized carbons (Fsp3) is 0.500. The summed E-state index contributed by atoms with van der Waals surface area (Å²) < 4.78 is 61.3. The summed E-state index contributed by atoms with van der Waals surface area (Å²) in [6, 6.07) is 4.62. The average Bonchev–Trinajstić information content (AvgIpc) is 2.88. The van der Waals surface area contributed by atoms with E-state index < -0.39 is 32.9 Å². The minimum Gasteiger partial charge on any atom is -0.256 e. The van der Waals surface area contributed by atoms with Crippen molar-refractivity contribution in [2.45, 2.75) is 24.4 Å². The van der Waals surface area contributed by atoms with Crippen molar-refractivity contribution in [1.29, 1.82) is 0 Å². The number of sulfone groups is 1. The highest BCUT2D eigenvalue weighted by atomic mass is 32.2. The van der Waals surface area contributed by atoms with Crippen molar-refractivity contribution in [3.05, 3.63) is 35.4 Å². The van der Waals surface area contributed by atoms with Crippen molar-refractivity contribution in [2.75, 3.05) is 12.3 Å². The summed E-state index contributed by atoms with van der Waals surface area (Å²) in [5.74, 6) is -0.425. The lowest BCUT2D eigenvalue weighted by Crippen LogP contribution is -2.39. The lowest BCUT2D eigenvalue weighted by Gasteiger charge is -2.19. The van der Waals surface area contributed by atoms with Crippen molar-refractivity contribution in [2.24, 2.45) is 0 Å². The Bertz CT molecular complexity index is 569. The summed E-state index contributed by atoms with van der Waals surface area (Å²) in [5.41, 5.74) is 5.26. The zero-order valence-electron chi connectivity index (χ0n) is 10.7. The van der Waals surface area contributed by atoms with Gasteiger partial charge in [0.15, 0.2) is 9.84 Å². The van der Waals surface area contributed by atoms with Crippen LogP contribution in [0.1, 0.15) is 24.0 Å². The molecule has 0 radical (unpaired) electrons. The molecule has 112 valence electrons. The van der Waals surface area contributed by atoms with Crippen molar-refractivity contribution >= 4 is 9.84 Å². The maximum Gasteiger partial charge on any atom is 0.416 e. The van der Waals surface area contributed by atoms with Gasteiger partial charge in [0, 0.05) is 18.2 Å². The summed E-state index contributed by atoms with van der Waals surface area (Å²) in [4.78, 5) is 0. The Labute approximate surface area is 115 Å². The van der Waals surface area contributed by atoms with Gasteiger partial charge in [0.05, 0.1) is 5.56 Å². The van der Waals surface area contributed by atoms with Crippen molar-refractivity contribution in [3.63, 3.8) is 0 Å². The van der Waals surface area contributed by atoms with Gasteiger partial charge in [-0.1, -0.05) is 19.1 Å². The number of alkyl halides is 3. The molecule has 0 spiro atoms. The smallest absolute Gasteiger partial charge is 0.256 e. The van der Waals surface area contributed by atoms with Crippen molar-refractivity contribution < 1.29 is 21.6 Å². The van der Waals surface area contributed by atoms with E-state index in [2.05, 4.69) is 10.9 Å². The van der Waals surface area contributed by atoms with Crippen LogP contribution >= 0.6 is 0 Å². The molecule has 2 unspecified atom stereocenters. The summed E-state index contributed by atoms with van der Waals surface area (Å²) >= 11 is 0. The Kier molecular flexibility index (Phi) is 4.08. The Morgan fingerprint density at radius 3 is 2.35 bits per heavy atom. The number of hydrazine groups is 1. The number of benzene rings is 1. The van der Waals surface area contributed by atoms with Gasteiger partial charge in [-0.05, 0) is 17.7 Å². The first-order valence-electron chi connectivity index (χ1n) is 6.13. The van der Waals surface area contributed by atoms with E-state index in [1.807, 2.05) is 0 Å². The van der Waals surface area contributed by atoms with Gasteiger partial charge in [0.25, 0.3) is 0 Å². The van der Waals surface area contributed by atoms with E-state index in [9.17, 15) is 21.6 Å². The molecule has 2 rings (SSSR count). The van der Waals surface area contributed by atoms with E-state index in [1.165, 1.54) is 12.1 Å². The van der Waals surface area contributed by atoms with Crippen molar-refractivity contribution in [3.8, 4) is 0 Å². The molecular weight excluding hydrogens is 293 g/mol. The Balaban J connectivity index is 2.27. The van der Waals surface area contributed by atoms with Gasteiger partial charge in [-0.15, -0.1) is 0 Å². The van der Waals surface area contributed by atoms with Gasteiger partial charge in [-0.25, -0.2) is 13.8 Å². The fourth-order valence-electron chi connectivity index (χ4n) is 2.21. The Morgan fingerprint density at radius 1 is 1.25 bits per heavy atom. The van der Waals surface area contributed by atoms with Crippen LogP contribution in [0.4, 0.5) is 13.2 Å². The molecule has 1 fully saturated rings. The molecule has 2 N–H and O–H groups in total. The number of halogens is 3. The van der Waals surface area contributed by atoms with E-state index in [-0.39, 0.29) is 5.75 Å². The van der Waals surface area contributed by atoms with Crippen LogP contribution in [0.2, 0.25) is 0 Å². The van der Waals surface area contributed by atoms with Gasteiger partial charge in [0.1, 0.15) is 5.37 Å². The molecule has 20 heavy (non-hydrogen) atoms. The van der Waals surface area contributed by atoms with E-state index in [0.717, 1.165) is 12.1 Å². The molecule has 0 aliphatic carbocycles. The molecule has 2 atom stereocenters. The van der Waals surface area contributed by atoms with Gasteiger partial charge >= 0.3 is 6.18 Å².